The van der Waals surface area contributed by atoms with Crippen molar-refractivity contribution >= 4 is 21.8 Å². The zero-order valence-electron chi connectivity index (χ0n) is 13.6. The Labute approximate surface area is 136 Å². The van der Waals surface area contributed by atoms with Gasteiger partial charge in [-0.1, -0.05) is 5.92 Å². The van der Waals surface area contributed by atoms with Crippen molar-refractivity contribution in [3.05, 3.63) is 36.2 Å². The quantitative estimate of drug-likeness (QED) is 0.445. The summed E-state index contributed by atoms with van der Waals surface area (Å²) >= 11 is 0. The first-order chi connectivity index (χ1) is 11.3. The third-order valence-corrected chi connectivity index (χ3v) is 4.20. The van der Waals surface area contributed by atoms with Gasteiger partial charge in [0.25, 0.3) is 0 Å². The Balaban J connectivity index is 2.08. The van der Waals surface area contributed by atoms with Crippen LogP contribution in [0.15, 0.2) is 30.5 Å². The third-order valence-electron chi connectivity index (χ3n) is 4.20. The standard InChI is InChI=1S/C19H21N3O/c1-14-19-17(9-11-21-14)16-8-7-15(23-2)13-18(16)22(19)12-6-4-3-5-10-20/h7-9,11,13H,3-4,6,12,20H2,1-2H3. The van der Waals surface area contributed by atoms with Crippen molar-refractivity contribution in [1.82, 2.24) is 9.55 Å². The van der Waals surface area contributed by atoms with Gasteiger partial charge in [-0.15, -0.1) is 0 Å². The molecule has 0 amide bonds. The summed E-state index contributed by atoms with van der Waals surface area (Å²) in [6.07, 6.45) is 4.81. The lowest BCUT2D eigenvalue weighted by Crippen LogP contribution is -2.00. The zero-order valence-corrected chi connectivity index (χ0v) is 13.6. The van der Waals surface area contributed by atoms with Crippen LogP contribution in [0.25, 0.3) is 21.8 Å². The first-order valence-corrected chi connectivity index (χ1v) is 7.86. The molecule has 0 spiro atoms. The van der Waals surface area contributed by atoms with E-state index in [4.69, 9.17) is 10.5 Å². The molecule has 0 atom stereocenters. The molecule has 0 radical (unpaired) electrons. The van der Waals surface area contributed by atoms with E-state index in [0.717, 1.165) is 37.3 Å². The maximum absolute atomic E-state index is 5.40. The van der Waals surface area contributed by atoms with Crippen LogP contribution in [0.2, 0.25) is 0 Å². The number of hydrogen-bond acceptors (Lipinski definition) is 3. The number of benzene rings is 1. The minimum Gasteiger partial charge on any atom is -0.497 e. The highest BCUT2D eigenvalue weighted by Gasteiger charge is 2.13. The number of aromatic nitrogens is 2. The molecule has 0 aliphatic rings. The molecule has 0 aliphatic carbocycles. The highest BCUT2D eigenvalue weighted by atomic mass is 16.5. The number of pyridine rings is 1. The van der Waals surface area contributed by atoms with Crippen LogP contribution in [0.4, 0.5) is 0 Å². The Hall–Kier alpha value is -2.67. The number of fused-ring (bicyclic) bond motifs is 3. The van der Waals surface area contributed by atoms with Crippen molar-refractivity contribution < 1.29 is 4.74 Å². The average molecular weight is 307 g/mol. The van der Waals surface area contributed by atoms with Crippen LogP contribution < -0.4 is 10.5 Å². The van der Waals surface area contributed by atoms with E-state index in [0.29, 0.717) is 0 Å². The zero-order chi connectivity index (χ0) is 16.2. The van der Waals surface area contributed by atoms with Gasteiger partial charge in [0.05, 0.1) is 23.8 Å². The molecule has 2 heterocycles. The van der Waals surface area contributed by atoms with Crippen molar-refractivity contribution in [2.75, 3.05) is 7.11 Å². The minimum absolute atomic E-state index is 0.841. The summed E-state index contributed by atoms with van der Waals surface area (Å²) < 4.78 is 7.75. The molecule has 23 heavy (non-hydrogen) atoms. The maximum Gasteiger partial charge on any atom is 0.120 e. The molecular formula is C19H21N3O. The molecule has 0 aliphatic heterocycles. The van der Waals surface area contributed by atoms with Gasteiger partial charge < -0.3 is 15.0 Å². The summed E-state index contributed by atoms with van der Waals surface area (Å²) in [5.74, 6) is 3.79. The lowest BCUT2D eigenvalue weighted by molar-refractivity contribution is 0.415. The number of hydrogen-bond donors (Lipinski definition) is 1. The second-order valence-electron chi connectivity index (χ2n) is 5.61. The van der Waals surface area contributed by atoms with E-state index in [1.807, 2.05) is 12.3 Å². The molecule has 3 rings (SSSR count). The Morgan fingerprint density at radius 1 is 1.22 bits per heavy atom. The topological polar surface area (TPSA) is 53.1 Å². The Morgan fingerprint density at radius 2 is 2.09 bits per heavy atom. The second kappa shape index (κ2) is 6.62. The van der Waals surface area contributed by atoms with Crippen molar-refractivity contribution in [1.29, 1.82) is 0 Å². The van der Waals surface area contributed by atoms with E-state index in [1.54, 1.807) is 7.11 Å². The Bertz CT molecular complexity index is 899. The van der Waals surface area contributed by atoms with Gasteiger partial charge in [0.2, 0.25) is 0 Å². The molecule has 118 valence electrons. The molecule has 1 aromatic carbocycles. The molecule has 3 aromatic rings. The van der Waals surface area contributed by atoms with Crippen LogP contribution in [0.1, 0.15) is 25.0 Å². The van der Waals surface area contributed by atoms with Gasteiger partial charge in [-0.05, 0) is 38.0 Å². The largest absolute Gasteiger partial charge is 0.497 e. The highest BCUT2D eigenvalue weighted by molar-refractivity contribution is 6.09. The number of nitrogens with two attached hydrogens (primary N) is 1. The van der Waals surface area contributed by atoms with Crippen molar-refractivity contribution in [2.45, 2.75) is 32.7 Å². The predicted octanol–water partition coefficient (Wildman–Crippen LogP) is 3.60. The minimum atomic E-state index is 0.841. The third kappa shape index (κ3) is 2.83. The van der Waals surface area contributed by atoms with Crippen LogP contribution in [-0.4, -0.2) is 16.7 Å². The number of aryl methyl sites for hydroxylation is 2. The molecule has 4 heteroatoms. The number of ether oxygens (including phenoxy) is 1. The lowest BCUT2D eigenvalue weighted by Gasteiger charge is -2.09. The average Bonchev–Trinajstić information content (AvgIpc) is 2.89. The van der Waals surface area contributed by atoms with E-state index in [1.165, 1.54) is 21.8 Å². The fourth-order valence-corrected chi connectivity index (χ4v) is 3.11. The Kier molecular flexibility index (Phi) is 4.38. The van der Waals surface area contributed by atoms with Gasteiger partial charge >= 0.3 is 0 Å². The highest BCUT2D eigenvalue weighted by Crippen LogP contribution is 2.32. The van der Waals surface area contributed by atoms with Crippen molar-refractivity contribution in [2.24, 2.45) is 5.73 Å². The first-order valence-electron chi connectivity index (χ1n) is 7.86. The van der Waals surface area contributed by atoms with Gasteiger partial charge in [0.15, 0.2) is 0 Å². The summed E-state index contributed by atoms with van der Waals surface area (Å²) in [4.78, 5) is 4.47. The number of methoxy groups -OCH3 is 1. The van der Waals surface area contributed by atoms with Crippen LogP contribution in [0.3, 0.4) is 0 Å². The van der Waals surface area contributed by atoms with Crippen LogP contribution in [0, 0.1) is 18.9 Å². The van der Waals surface area contributed by atoms with Crippen LogP contribution in [0.5, 0.6) is 5.75 Å². The molecule has 2 N–H and O–H groups in total. The van der Waals surface area contributed by atoms with Gasteiger partial charge in [0, 0.05) is 42.0 Å². The smallest absolute Gasteiger partial charge is 0.120 e. The monoisotopic (exact) mass is 307 g/mol. The second-order valence-corrected chi connectivity index (χ2v) is 5.61. The molecule has 0 fully saturated rings. The van der Waals surface area contributed by atoms with E-state index >= 15 is 0 Å². The van der Waals surface area contributed by atoms with E-state index in [2.05, 4.69) is 46.6 Å². The van der Waals surface area contributed by atoms with Gasteiger partial charge in [-0.2, -0.15) is 0 Å². The van der Waals surface area contributed by atoms with E-state index in [9.17, 15) is 0 Å². The normalized spacial score (nSPS) is 10.7. The number of nitrogens with zero attached hydrogens (tertiary/aromatic N) is 2. The summed E-state index contributed by atoms with van der Waals surface area (Å²) in [6, 6.07) is 10.8. The predicted molar refractivity (Wildman–Crippen MR) is 94.3 cm³/mol. The van der Waals surface area contributed by atoms with Gasteiger partial charge in [0.1, 0.15) is 5.75 Å². The SMILES string of the molecule is COc1ccc2c3ccnc(C)c3n(CCCCC#CN)c2c1. The molecule has 0 bridgehead atoms. The van der Waals surface area contributed by atoms with Crippen molar-refractivity contribution in [3.8, 4) is 17.7 Å². The number of rotatable bonds is 5. The summed E-state index contributed by atoms with van der Waals surface area (Å²) in [6.45, 7) is 3.00. The molecule has 0 saturated carbocycles. The summed E-state index contributed by atoms with van der Waals surface area (Å²) in [7, 11) is 1.70. The van der Waals surface area contributed by atoms with Crippen molar-refractivity contribution in [3.63, 3.8) is 0 Å². The molecule has 0 saturated heterocycles. The molecular weight excluding hydrogens is 286 g/mol. The number of unbranched alkanes of at least 4 members (excludes halogenated alkanes) is 2. The fourth-order valence-electron chi connectivity index (χ4n) is 3.11. The van der Waals surface area contributed by atoms with E-state index in [-0.39, 0.29) is 0 Å². The van der Waals surface area contributed by atoms with Crippen LogP contribution in [-0.2, 0) is 6.54 Å². The molecule has 0 unspecified atom stereocenters. The Morgan fingerprint density at radius 3 is 2.87 bits per heavy atom. The first kappa shape index (κ1) is 15.2. The lowest BCUT2D eigenvalue weighted by atomic mass is 10.1. The summed E-state index contributed by atoms with van der Waals surface area (Å²) in [5, 5.41) is 2.49. The molecule has 2 aromatic heterocycles. The maximum atomic E-state index is 5.40. The van der Waals surface area contributed by atoms with Gasteiger partial charge in [-0.3, -0.25) is 4.98 Å². The fraction of sp³-hybridized carbons (Fsp3) is 0.316. The van der Waals surface area contributed by atoms with Gasteiger partial charge in [-0.25, -0.2) is 0 Å². The summed E-state index contributed by atoms with van der Waals surface area (Å²) in [5.41, 5.74) is 8.68. The van der Waals surface area contributed by atoms with E-state index < -0.39 is 0 Å². The van der Waals surface area contributed by atoms with Crippen LogP contribution >= 0.6 is 0 Å². The molecule has 4 nitrogen and oxygen atoms in total.